The van der Waals surface area contributed by atoms with Crippen molar-refractivity contribution < 1.29 is 9.21 Å². The van der Waals surface area contributed by atoms with Crippen molar-refractivity contribution in [2.45, 2.75) is 6.92 Å². The van der Waals surface area contributed by atoms with Gasteiger partial charge in [0.05, 0.1) is 10.0 Å². The lowest BCUT2D eigenvalue weighted by Gasteiger charge is -2.07. The van der Waals surface area contributed by atoms with Gasteiger partial charge in [0.25, 0.3) is 5.91 Å². The number of nitrogens with one attached hydrogen (secondary N) is 1. The number of hydrogen-bond donors (Lipinski definition) is 1. The van der Waals surface area contributed by atoms with Crippen LogP contribution in [0.4, 0.5) is 5.69 Å². The number of rotatable bonds is 3. The van der Waals surface area contributed by atoms with Gasteiger partial charge in [-0.25, -0.2) is 0 Å². The minimum Gasteiger partial charge on any atom is -0.451 e. The summed E-state index contributed by atoms with van der Waals surface area (Å²) in [6, 6.07) is 14.4. The average Bonchev–Trinajstić information content (AvgIpc) is 3.02. The second-order valence-corrected chi connectivity index (χ2v) is 7.21. The predicted octanol–water partition coefficient (Wildman–Crippen LogP) is 6.42. The van der Waals surface area contributed by atoms with Crippen LogP contribution < -0.4 is 5.32 Å². The van der Waals surface area contributed by atoms with Crippen molar-refractivity contribution in [3.63, 3.8) is 0 Å². The van der Waals surface area contributed by atoms with E-state index in [0.29, 0.717) is 21.4 Å². The molecule has 0 saturated carbocycles. The third kappa shape index (κ3) is 3.61. The maximum absolute atomic E-state index is 12.4. The van der Waals surface area contributed by atoms with Crippen LogP contribution in [0.3, 0.4) is 0 Å². The summed E-state index contributed by atoms with van der Waals surface area (Å²) in [5.41, 5.74) is 2.38. The van der Waals surface area contributed by atoms with Gasteiger partial charge in [0, 0.05) is 14.8 Å². The van der Waals surface area contributed by atoms with E-state index < -0.39 is 0 Å². The molecular weight excluding hydrogens is 460 g/mol. The van der Waals surface area contributed by atoms with Crippen molar-refractivity contribution in [3.05, 3.63) is 73.5 Å². The maximum Gasteiger partial charge on any atom is 0.291 e. The molecule has 0 fully saturated rings. The Labute approximate surface area is 163 Å². The predicted molar refractivity (Wildman–Crippen MR) is 106 cm³/mol. The van der Waals surface area contributed by atoms with E-state index in [9.17, 15) is 4.79 Å². The van der Waals surface area contributed by atoms with Crippen LogP contribution in [0.5, 0.6) is 0 Å². The fourth-order valence-corrected chi connectivity index (χ4v) is 3.29. The van der Waals surface area contributed by atoms with Gasteiger partial charge < -0.3 is 9.73 Å². The number of carbonyl (C=O) groups is 1. The Morgan fingerprint density at radius 1 is 1.12 bits per heavy atom. The van der Waals surface area contributed by atoms with E-state index in [2.05, 4.69) is 27.9 Å². The third-order valence-corrected chi connectivity index (χ3v) is 4.97. The molecule has 1 amide bonds. The molecule has 0 aliphatic carbocycles. The van der Waals surface area contributed by atoms with Crippen LogP contribution in [0.2, 0.25) is 10.0 Å². The highest BCUT2D eigenvalue weighted by Crippen LogP contribution is 2.34. The molecule has 122 valence electrons. The number of amides is 1. The summed E-state index contributed by atoms with van der Waals surface area (Å²) in [6.45, 7) is 1.94. The maximum atomic E-state index is 12.4. The van der Waals surface area contributed by atoms with Crippen LogP contribution in [0.1, 0.15) is 16.1 Å². The quantitative estimate of drug-likeness (QED) is 0.448. The number of anilines is 1. The lowest BCUT2D eigenvalue weighted by atomic mass is 10.2. The lowest BCUT2D eigenvalue weighted by Crippen LogP contribution is -2.11. The first-order valence-corrected chi connectivity index (χ1v) is 8.91. The Morgan fingerprint density at radius 3 is 2.67 bits per heavy atom. The molecule has 0 saturated heterocycles. The second-order valence-electron chi connectivity index (χ2n) is 5.18. The summed E-state index contributed by atoms with van der Waals surface area (Å²) >= 11 is 14.4. The van der Waals surface area contributed by atoms with Gasteiger partial charge in [-0.05, 0) is 77.5 Å². The van der Waals surface area contributed by atoms with E-state index in [1.54, 1.807) is 30.3 Å². The van der Waals surface area contributed by atoms with Crippen LogP contribution in [0, 0.1) is 10.5 Å². The fourth-order valence-electron chi connectivity index (χ4n) is 2.25. The van der Waals surface area contributed by atoms with E-state index >= 15 is 0 Å². The molecule has 2 aromatic carbocycles. The third-order valence-electron chi connectivity index (χ3n) is 3.48. The topological polar surface area (TPSA) is 42.2 Å². The number of carbonyl (C=O) groups excluding carboxylic acids is 1. The van der Waals surface area contributed by atoms with Gasteiger partial charge >= 0.3 is 0 Å². The van der Waals surface area contributed by atoms with Crippen LogP contribution in [0.15, 0.2) is 52.9 Å². The van der Waals surface area contributed by atoms with E-state index in [0.717, 1.165) is 14.8 Å². The van der Waals surface area contributed by atoms with Crippen molar-refractivity contribution in [2.75, 3.05) is 5.32 Å². The molecular formula is C18H12Cl2INO2. The first-order valence-electron chi connectivity index (χ1n) is 7.07. The van der Waals surface area contributed by atoms with E-state index in [4.69, 9.17) is 27.6 Å². The highest BCUT2D eigenvalue weighted by atomic mass is 127. The number of benzene rings is 2. The fraction of sp³-hybridized carbons (Fsp3) is 0.0556. The molecule has 24 heavy (non-hydrogen) atoms. The van der Waals surface area contributed by atoms with Crippen molar-refractivity contribution in [1.82, 2.24) is 0 Å². The SMILES string of the molecule is Cc1cc(I)ccc1NC(=O)c1ccc(-c2cccc(Cl)c2Cl)o1. The van der Waals surface area contributed by atoms with Gasteiger partial charge in [-0.1, -0.05) is 29.3 Å². The molecule has 3 aromatic rings. The summed E-state index contributed by atoms with van der Waals surface area (Å²) < 4.78 is 6.76. The van der Waals surface area contributed by atoms with Crippen molar-refractivity contribution >= 4 is 57.4 Å². The van der Waals surface area contributed by atoms with Gasteiger partial charge in [-0.15, -0.1) is 0 Å². The molecule has 1 heterocycles. The normalized spacial score (nSPS) is 10.7. The molecule has 0 aliphatic heterocycles. The number of halogens is 3. The molecule has 0 atom stereocenters. The first kappa shape index (κ1) is 17.3. The zero-order chi connectivity index (χ0) is 17.3. The number of furan rings is 1. The Bertz CT molecular complexity index is 921. The molecule has 6 heteroatoms. The smallest absolute Gasteiger partial charge is 0.291 e. The summed E-state index contributed by atoms with van der Waals surface area (Å²) in [7, 11) is 0. The minimum absolute atomic E-state index is 0.207. The average molecular weight is 472 g/mol. The zero-order valence-electron chi connectivity index (χ0n) is 12.6. The highest BCUT2D eigenvalue weighted by Gasteiger charge is 2.15. The van der Waals surface area contributed by atoms with E-state index in [1.165, 1.54) is 0 Å². The van der Waals surface area contributed by atoms with Gasteiger partial charge in [0.1, 0.15) is 5.76 Å². The molecule has 0 aliphatic rings. The van der Waals surface area contributed by atoms with Crippen LogP contribution in [0.25, 0.3) is 11.3 Å². The van der Waals surface area contributed by atoms with Gasteiger partial charge in [0.2, 0.25) is 0 Å². The monoisotopic (exact) mass is 471 g/mol. The van der Waals surface area contributed by atoms with Crippen molar-refractivity contribution in [1.29, 1.82) is 0 Å². The Hall–Kier alpha value is -1.50. The lowest BCUT2D eigenvalue weighted by molar-refractivity contribution is 0.0997. The molecule has 1 N–H and O–H groups in total. The molecule has 3 nitrogen and oxygen atoms in total. The second kappa shape index (κ2) is 7.17. The molecule has 0 unspecified atom stereocenters. The summed E-state index contributed by atoms with van der Waals surface area (Å²) in [5.74, 6) is 0.384. The van der Waals surface area contributed by atoms with Gasteiger partial charge in [-0.2, -0.15) is 0 Å². The molecule has 0 bridgehead atoms. The Morgan fingerprint density at radius 2 is 1.92 bits per heavy atom. The number of hydrogen-bond acceptors (Lipinski definition) is 2. The van der Waals surface area contributed by atoms with Gasteiger partial charge in [-0.3, -0.25) is 4.79 Å². The molecule has 3 rings (SSSR count). The molecule has 0 radical (unpaired) electrons. The van der Waals surface area contributed by atoms with E-state index in [1.807, 2.05) is 25.1 Å². The standard InChI is InChI=1S/C18H12Cl2INO2/c1-10-9-11(21)5-6-14(10)22-18(23)16-8-7-15(24-16)12-3-2-4-13(19)17(12)20/h2-9H,1H3,(H,22,23). The molecule has 0 spiro atoms. The Balaban J connectivity index is 1.85. The number of aryl methyl sites for hydroxylation is 1. The largest absolute Gasteiger partial charge is 0.451 e. The van der Waals surface area contributed by atoms with E-state index in [-0.39, 0.29) is 11.7 Å². The van der Waals surface area contributed by atoms with Crippen molar-refractivity contribution in [2.24, 2.45) is 0 Å². The first-order chi connectivity index (χ1) is 11.5. The zero-order valence-corrected chi connectivity index (χ0v) is 16.2. The summed E-state index contributed by atoms with van der Waals surface area (Å²) in [4.78, 5) is 12.4. The summed E-state index contributed by atoms with van der Waals surface area (Å²) in [5, 5.41) is 3.68. The minimum atomic E-state index is -0.316. The highest BCUT2D eigenvalue weighted by molar-refractivity contribution is 14.1. The van der Waals surface area contributed by atoms with Crippen LogP contribution >= 0.6 is 45.8 Å². The van der Waals surface area contributed by atoms with Crippen LogP contribution in [-0.4, -0.2) is 5.91 Å². The summed E-state index contributed by atoms with van der Waals surface area (Å²) in [6.07, 6.45) is 0. The van der Waals surface area contributed by atoms with Crippen molar-refractivity contribution in [3.8, 4) is 11.3 Å². The van der Waals surface area contributed by atoms with Crippen LogP contribution in [-0.2, 0) is 0 Å². The molecule has 1 aromatic heterocycles. The van der Waals surface area contributed by atoms with Gasteiger partial charge in [0.15, 0.2) is 5.76 Å². The Kier molecular flexibility index (Phi) is 5.18.